The number of carbonyl (C=O) groups is 1. The van der Waals surface area contributed by atoms with Crippen LogP contribution in [0, 0.1) is 5.82 Å². The maximum absolute atomic E-state index is 13.3. The van der Waals surface area contributed by atoms with Gasteiger partial charge in [-0.25, -0.2) is 4.39 Å². The molecule has 0 aromatic heterocycles. The molecule has 30 heavy (non-hydrogen) atoms. The lowest BCUT2D eigenvalue weighted by molar-refractivity contribution is 0.0963. The third-order valence-electron chi connectivity index (χ3n) is 4.40. The molecule has 2 aromatic rings. The van der Waals surface area contributed by atoms with Crippen LogP contribution in [0.25, 0.3) is 0 Å². The van der Waals surface area contributed by atoms with Crippen LogP contribution < -0.4 is 20.7 Å². The number of guanidine groups is 1. The Morgan fingerprint density at radius 2 is 1.93 bits per heavy atom. The van der Waals surface area contributed by atoms with Crippen LogP contribution >= 0.6 is 24.0 Å². The number of benzene rings is 2. The van der Waals surface area contributed by atoms with Crippen molar-refractivity contribution in [2.45, 2.75) is 25.9 Å². The maximum Gasteiger partial charge on any atom is 0.251 e. The topological polar surface area (TPSA) is 74.8 Å². The largest absolute Gasteiger partial charge is 0.489 e. The van der Waals surface area contributed by atoms with Crippen molar-refractivity contribution in [2.24, 2.45) is 4.99 Å². The van der Waals surface area contributed by atoms with Gasteiger partial charge in [0, 0.05) is 32.3 Å². The van der Waals surface area contributed by atoms with Gasteiger partial charge in [0.05, 0.1) is 6.54 Å². The summed E-state index contributed by atoms with van der Waals surface area (Å²) < 4.78 is 19.1. The van der Waals surface area contributed by atoms with E-state index in [-0.39, 0.29) is 41.8 Å². The monoisotopic (exact) mass is 528 g/mol. The normalized spacial score (nSPS) is 11.8. The van der Waals surface area contributed by atoms with E-state index in [1.807, 2.05) is 25.1 Å². The number of rotatable bonds is 9. The Morgan fingerprint density at radius 1 is 1.17 bits per heavy atom. The highest BCUT2D eigenvalue weighted by Gasteiger charge is 2.10. The van der Waals surface area contributed by atoms with Gasteiger partial charge >= 0.3 is 0 Å². The molecule has 3 N–H and O–H groups in total. The standard InChI is InChI=1S/C22H29FN4O2.HI/c1-4-19(29-20-10-6-9-18(23)14-20)15-27-22(25-3)26-12-11-16-7-5-8-17(13-16)21(28)24-2;/h5-10,13-14,19H,4,11-12,15H2,1-3H3,(H,24,28)(H2,25,26,27);1H. The van der Waals surface area contributed by atoms with E-state index in [9.17, 15) is 9.18 Å². The van der Waals surface area contributed by atoms with Crippen molar-refractivity contribution in [3.05, 3.63) is 65.5 Å². The summed E-state index contributed by atoms with van der Waals surface area (Å²) in [6.45, 7) is 3.22. The Bertz CT molecular complexity index is 832. The van der Waals surface area contributed by atoms with Gasteiger partial charge in [0.2, 0.25) is 0 Å². The summed E-state index contributed by atoms with van der Waals surface area (Å²) in [6.07, 6.45) is 1.41. The van der Waals surface area contributed by atoms with Gasteiger partial charge in [-0.05, 0) is 42.7 Å². The van der Waals surface area contributed by atoms with Crippen molar-refractivity contribution in [2.75, 3.05) is 27.2 Å². The van der Waals surface area contributed by atoms with E-state index in [1.54, 1.807) is 32.3 Å². The smallest absolute Gasteiger partial charge is 0.251 e. The van der Waals surface area contributed by atoms with Gasteiger partial charge < -0.3 is 20.7 Å². The molecule has 164 valence electrons. The van der Waals surface area contributed by atoms with E-state index in [1.165, 1.54) is 12.1 Å². The first-order valence-corrected chi connectivity index (χ1v) is 9.73. The summed E-state index contributed by atoms with van der Waals surface area (Å²) in [7, 11) is 3.32. The number of aliphatic imine (C=N–C) groups is 1. The predicted octanol–water partition coefficient (Wildman–Crippen LogP) is 3.37. The predicted molar refractivity (Wildman–Crippen MR) is 129 cm³/mol. The van der Waals surface area contributed by atoms with Gasteiger partial charge in [-0.2, -0.15) is 0 Å². The minimum absolute atomic E-state index is 0. The number of hydrogen-bond donors (Lipinski definition) is 3. The Hall–Kier alpha value is -2.36. The summed E-state index contributed by atoms with van der Waals surface area (Å²) >= 11 is 0. The molecule has 1 unspecified atom stereocenters. The number of hydrogen-bond acceptors (Lipinski definition) is 3. The van der Waals surface area contributed by atoms with Gasteiger partial charge in [-0.3, -0.25) is 9.79 Å². The molecule has 0 spiro atoms. The molecule has 0 fully saturated rings. The van der Waals surface area contributed by atoms with Crippen molar-refractivity contribution in [3.8, 4) is 5.75 Å². The third-order valence-corrected chi connectivity index (χ3v) is 4.40. The quantitative estimate of drug-likeness (QED) is 0.265. The fourth-order valence-corrected chi connectivity index (χ4v) is 2.77. The van der Waals surface area contributed by atoms with Crippen LogP contribution in [0.15, 0.2) is 53.5 Å². The minimum atomic E-state index is -0.316. The molecule has 0 radical (unpaired) electrons. The zero-order valence-corrected chi connectivity index (χ0v) is 19.9. The highest BCUT2D eigenvalue weighted by molar-refractivity contribution is 14.0. The molecule has 0 aliphatic rings. The van der Waals surface area contributed by atoms with Gasteiger partial charge in [0.25, 0.3) is 5.91 Å². The molecule has 0 aliphatic heterocycles. The van der Waals surface area contributed by atoms with Gasteiger partial charge in [0.1, 0.15) is 17.7 Å². The van der Waals surface area contributed by atoms with E-state index < -0.39 is 0 Å². The lowest BCUT2D eigenvalue weighted by atomic mass is 10.1. The van der Waals surface area contributed by atoms with Crippen molar-refractivity contribution in [1.29, 1.82) is 0 Å². The second-order valence-corrected chi connectivity index (χ2v) is 6.51. The lowest BCUT2D eigenvalue weighted by Crippen LogP contribution is -2.43. The molecule has 8 heteroatoms. The number of amides is 1. The summed E-state index contributed by atoms with van der Waals surface area (Å²) in [6, 6.07) is 13.7. The fourth-order valence-electron chi connectivity index (χ4n) is 2.77. The van der Waals surface area contributed by atoms with Gasteiger partial charge in [-0.1, -0.05) is 25.1 Å². The summed E-state index contributed by atoms with van der Waals surface area (Å²) in [5, 5.41) is 9.12. The van der Waals surface area contributed by atoms with E-state index in [0.717, 1.165) is 18.4 Å². The number of carbonyl (C=O) groups excluding carboxylic acids is 1. The molecule has 0 aliphatic carbocycles. The zero-order chi connectivity index (χ0) is 21.1. The molecular formula is C22H30FIN4O2. The van der Waals surface area contributed by atoms with E-state index >= 15 is 0 Å². The van der Waals surface area contributed by atoms with Crippen molar-refractivity contribution < 1.29 is 13.9 Å². The molecule has 2 rings (SSSR count). The van der Waals surface area contributed by atoms with Crippen LogP contribution in [-0.4, -0.2) is 45.2 Å². The van der Waals surface area contributed by atoms with Crippen molar-refractivity contribution in [3.63, 3.8) is 0 Å². The summed E-state index contributed by atoms with van der Waals surface area (Å²) in [4.78, 5) is 16.0. The molecule has 0 bridgehead atoms. The van der Waals surface area contributed by atoms with Crippen molar-refractivity contribution >= 4 is 35.8 Å². The Labute approximate surface area is 194 Å². The molecule has 1 atom stereocenters. The van der Waals surface area contributed by atoms with Crippen LogP contribution in [0.3, 0.4) is 0 Å². The number of nitrogens with one attached hydrogen (secondary N) is 3. The Morgan fingerprint density at radius 3 is 2.60 bits per heavy atom. The van der Waals surface area contributed by atoms with E-state index in [2.05, 4.69) is 20.9 Å². The molecule has 2 aromatic carbocycles. The number of halogens is 2. The summed E-state index contributed by atoms with van der Waals surface area (Å²) in [5.74, 6) is 0.760. The molecule has 6 nitrogen and oxygen atoms in total. The summed E-state index contributed by atoms with van der Waals surface area (Å²) in [5.41, 5.74) is 1.71. The van der Waals surface area contributed by atoms with Crippen LogP contribution in [0.1, 0.15) is 29.3 Å². The van der Waals surface area contributed by atoms with Gasteiger partial charge in [0.15, 0.2) is 5.96 Å². The Balaban J connectivity index is 0.00000450. The van der Waals surface area contributed by atoms with E-state index in [0.29, 0.717) is 30.4 Å². The molecule has 0 saturated heterocycles. The first-order valence-electron chi connectivity index (χ1n) is 9.73. The SMILES string of the molecule is CCC(CNC(=NC)NCCc1cccc(C(=O)NC)c1)Oc1cccc(F)c1.I. The maximum atomic E-state index is 13.3. The van der Waals surface area contributed by atoms with Crippen LogP contribution in [0.4, 0.5) is 4.39 Å². The molecule has 1 amide bonds. The molecule has 0 heterocycles. The van der Waals surface area contributed by atoms with Crippen LogP contribution in [0.2, 0.25) is 0 Å². The highest BCUT2D eigenvalue weighted by Crippen LogP contribution is 2.14. The number of nitrogens with zero attached hydrogens (tertiary/aromatic N) is 1. The van der Waals surface area contributed by atoms with Gasteiger partial charge in [-0.15, -0.1) is 24.0 Å². The zero-order valence-electron chi connectivity index (χ0n) is 17.6. The second kappa shape index (κ2) is 13.8. The molecular weight excluding hydrogens is 498 g/mol. The first kappa shape index (κ1) is 25.7. The van der Waals surface area contributed by atoms with Crippen LogP contribution in [-0.2, 0) is 6.42 Å². The third kappa shape index (κ3) is 8.56. The lowest BCUT2D eigenvalue weighted by Gasteiger charge is -2.20. The molecule has 0 saturated carbocycles. The fraction of sp³-hybridized carbons (Fsp3) is 0.364. The van der Waals surface area contributed by atoms with Crippen molar-refractivity contribution in [1.82, 2.24) is 16.0 Å². The number of ether oxygens (including phenoxy) is 1. The van der Waals surface area contributed by atoms with E-state index in [4.69, 9.17) is 4.74 Å². The Kier molecular flexibility index (Phi) is 11.8. The second-order valence-electron chi connectivity index (χ2n) is 6.51. The average Bonchev–Trinajstić information content (AvgIpc) is 2.74. The highest BCUT2D eigenvalue weighted by atomic mass is 127. The average molecular weight is 528 g/mol. The van der Waals surface area contributed by atoms with Crippen LogP contribution in [0.5, 0.6) is 5.75 Å². The minimum Gasteiger partial charge on any atom is -0.489 e. The first-order chi connectivity index (χ1) is 14.0.